The van der Waals surface area contributed by atoms with Crippen molar-refractivity contribution in [2.75, 3.05) is 0 Å². The molecule has 0 rings (SSSR count). The third-order valence-corrected chi connectivity index (χ3v) is 1.76. The molecule has 78 valence electrons. The van der Waals surface area contributed by atoms with Crippen molar-refractivity contribution in [1.29, 1.82) is 0 Å². The van der Waals surface area contributed by atoms with Crippen LogP contribution in [0.1, 0.15) is 47.5 Å². The molecule has 0 aromatic heterocycles. The second-order valence-corrected chi connectivity index (χ2v) is 4.57. The third-order valence-electron chi connectivity index (χ3n) is 1.76. The van der Waals surface area contributed by atoms with Crippen molar-refractivity contribution in [3.05, 3.63) is 25.3 Å². The Hall–Kier alpha value is -0.520. The lowest BCUT2D eigenvalue weighted by molar-refractivity contribution is 0.546. The Labute approximate surface area is 84.7 Å². The summed E-state index contributed by atoms with van der Waals surface area (Å²) in [6.07, 6.45) is 6.49. The van der Waals surface area contributed by atoms with Crippen molar-refractivity contribution < 1.29 is 0 Å². The molecule has 0 N–H and O–H groups in total. The summed E-state index contributed by atoms with van der Waals surface area (Å²) < 4.78 is 0. The van der Waals surface area contributed by atoms with Crippen molar-refractivity contribution in [3.63, 3.8) is 0 Å². The summed E-state index contributed by atoms with van der Waals surface area (Å²) in [7, 11) is 0. The highest BCUT2D eigenvalue weighted by atomic mass is 14.0. The molecule has 13 heavy (non-hydrogen) atoms. The summed E-state index contributed by atoms with van der Waals surface area (Å²) in [4.78, 5) is 0. The molecule has 0 bridgehead atoms. The highest BCUT2D eigenvalue weighted by Crippen LogP contribution is 2.11. The lowest BCUT2D eigenvalue weighted by Crippen LogP contribution is -1.96. The van der Waals surface area contributed by atoms with Crippen LogP contribution in [0.25, 0.3) is 0 Å². The Kier molecular flexibility index (Phi) is 9.33. The predicted molar refractivity (Wildman–Crippen MR) is 63.9 cm³/mol. The summed E-state index contributed by atoms with van der Waals surface area (Å²) in [6, 6.07) is 0. The fourth-order valence-electron chi connectivity index (χ4n) is 0.573. The summed E-state index contributed by atoms with van der Waals surface area (Å²) in [5.74, 6) is 0.713. The van der Waals surface area contributed by atoms with E-state index >= 15 is 0 Å². The first-order chi connectivity index (χ1) is 5.87. The maximum atomic E-state index is 3.68. The van der Waals surface area contributed by atoms with E-state index in [0.29, 0.717) is 11.3 Å². The van der Waals surface area contributed by atoms with Gasteiger partial charge in [0.15, 0.2) is 0 Å². The van der Waals surface area contributed by atoms with Crippen molar-refractivity contribution in [2.45, 2.75) is 47.5 Å². The fraction of sp³-hybridized carbons (Fsp3) is 0.692. The van der Waals surface area contributed by atoms with Crippen LogP contribution in [0.15, 0.2) is 25.3 Å². The van der Waals surface area contributed by atoms with Gasteiger partial charge in [0.1, 0.15) is 0 Å². The Bertz CT molecular complexity index is 125. The molecule has 0 saturated carbocycles. The van der Waals surface area contributed by atoms with Gasteiger partial charge in [-0.1, -0.05) is 53.2 Å². The lowest BCUT2D eigenvalue weighted by atomic mass is 9.98. The van der Waals surface area contributed by atoms with Gasteiger partial charge in [-0.25, -0.2) is 0 Å². The van der Waals surface area contributed by atoms with E-state index in [4.69, 9.17) is 0 Å². The average Bonchev–Trinajstić information content (AvgIpc) is 2.05. The highest BCUT2D eigenvalue weighted by molar-refractivity contribution is 4.82. The molecule has 0 saturated heterocycles. The van der Waals surface area contributed by atoms with Crippen LogP contribution in [0.2, 0.25) is 0 Å². The topological polar surface area (TPSA) is 0 Å². The average molecular weight is 182 g/mol. The van der Waals surface area contributed by atoms with E-state index in [1.807, 2.05) is 12.2 Å². The van der Waals surface area contributed by atoms with E-state index in [1.54, 1.807) is 0 Å². The second kappa shape index (κ2) is 8.10. The molecule has 0 heteroatoms. The van der Waals surface area contributed by atoms with E-state index < -0.39 is 0 Å². The van der Waals surface area contributed by atoms with Gasteiger partial charge in [-0.2, -0.15) is 0 Å². The highest BCUT2D eigenvalue weighted by Gasteiger charge is 1.99. The van der Waals surface area contributed by atoms with Gasteiger partial charge in [-0.05, 0) is 17.8 Å². The Morgan fingerprint density at radius 2 is 1.62 bits per heavy atom. The Morgan fingerprint density at radius 1 is 1.23 bits per heavy atom. The minimum absolute atomic E-state index is 0.306. The molecule has 0 radical (unpaired) electrons. The second-order valence-electron chi connectivity index (χ2n) is 4.57. The maximum Gasteiger partial charge on any atom is -0.0206 e. The van der Waals surface area contributed by atoms with Crippen LogP contribution in [0, 0.1) is 11.3 Å². The zero-order valence-corrected chi connectivity index (χ0v) is 10.1. The largest absolute Gasteiger partial charge is 0.103 e. The monoisotopic (exact) mass is 182 g/mol. The van der Waals surface area contributed by atoms with Gasteiger partial charge < -0.3 is 0 Å². The van der Waals surface area contributed by atoms with Gasteiger partial charge in [0.05, 0.1) is 0 Å². The van der Waals surface area contributed by atoms with Crippen molar-refractivity contribution in [2.24, 2.45) is 11.3 Å². The maximum absolute atomic E-state index is 3.68. The minimum Gasteiger partial charge on any atom is -0.103 e. The van der Waals surface area contributed by atoms with Crippen molar-refractivity contribution in [3.8, 4) is 0 Å². The first kappa shape index (κ1) is 15.0. The quantitative estimate of drug-likeness (QED) is 0.548. The van der Waals surface area contributed by atoms with Crippen molar-refractivity contribution in [1.82, 2.24) is 0 Å². The molecule has 0 amide bonds. The smallest absolute Gasteiger partial charge is 0.0206 e. The fourth-order valence-corrected chi connectivity index (χ4v) is 0.573. The standard InChI is InChI=1S/C7H14.C6H12/c1-4-6-7(3)5-2;1-5-6(2,3)4/h5,7H,2,4,6H2,1,3H3;5H,1H2,2-4H3. The van der Waals surface area contributed by atoms with Gasteiger partial charge in [0.25, 0.3) is 0 Å². The van der Waals surface area contributed by atoms with Crippen LogP contribution in [-0.2, 0) is 0 Å². The molecule has 0 aliphatic rings. The lowest BCUT2D eigenvalue weighted by Gasteiger charge is -2.08. The molecule has 1 atom stereocenters. The van der Waals surface area contributed by atoms with E-state index in [2.05, 4.69) is 47.8 Å². The molecular formula is C13H26. The molecule has 0 aliphatic carbocycles. The van der Waals surface area contributed by atoms with Gasteiger partial charge in [0, 0.05) is 0 Å². The van der Waals surface area contributed by atoms with Crippen LogP contribution < -0.4 is 0 Å². The van der Waals surface area contributed by atoms with Crippen LogP contribution >= 0.6 is 0 Å². The molecule has 0 aromatic carbocycles. The zero-order valence-electron chi connectivity index (χ0n) is 10.1. The number of hydrogen-bond acceptors (Lipinski definition) is 0. The van der Waals surface area contributed by atoms with Crippen LogP contribution in [0.3, 0.4) is 0 Å². The van der Waals surface area contributed by atoms with Crippen LogP contribution in [0.5, 0.6) is 0 Å². The SMILES string of the molecule is C=CC(C)(C)C.C=CC(C)CCC. The van der Waals surface area contributed by atoms with Crippen molar-refractivity contribution >= 4 is 0 Å². The van der Waals surface area contributed by atoms with Gasteiger partial charge >= 0.3 is 0 Å². The predicted octanol–water partition coefficient (Wildman–Crippen LogP) is 4.83. The molecule has 0 spiro atoms. The summed E-state index contributed by atoms with van der Waals surface area (Å²) >= 11 is 0. The van der Waals surface area contributed by atoms with E-state index in [0.717, 1.165) is 0 Å². The van der Waals surface area contributed by atoms with Gasteiger partial charge in [-0.15, -0.1) is 13.2 Å². The molecule has 1 unspecified atom stereocenters. The molecule has 0 aliphatic heterocycles. The van der Waals surface area contributed by atoms with E-state index in [9.17, 15) is 0 Å². The van der Waals surface area contributed by atoms with E-state index in [-0.39, 0.29) is 0 Å². The van der Waals surface area contributed by atoms with Crippen LogP contribution in [-0.4, -0.2) is 0 Å². The van der Waals surface area contributed by atoms with E-state index in [1.165, 1.54) is 12.8 Å². The normalized spacial score (nSPS) is 12.4. The number of rotatable bonds is 3. The van der Waals surface area contributed by atoms with Gasteiger partial charge in [0.2, 0.25) is 0 Å². The first-order valence-corrected chi connectivity index (χ1v) is 5.13. The summed E-state index contributed by atoms with van der Waals surface area (Å²) in [6.45, 7) is 18.1. The number of hydrogen-bond donors (Lipinski definition) is 0. The minimum atomic E-state index is 0.306. The number of allylic oxidation sites excluding steroid dienone is 2. The summed E-state index contributed by atoms with van der Waals surface area (Å²) in [5.41, 5.74) is 0.306. The molecule has 0 aromatic rings. The molecule has 0 heterocycles. The molecule has 0 fully saturated rings. The molecular weight excluding hydrogens is 156 g/mol. The summed E-state index contributed by atoms with van der Waals surface area (Å²) in [5, 5.41) is 0. The van der Waals surface area contributed by atoms with Crippen LogP contribution in [0.4, 0.5) is 0 Å². The third kappa shape index (κ3) is 18.4. The Morgan fingerprint density at radius 3 is 1.69 bits per heavy atom. The molecule has 0 nitrogen and oxygen atoms in total. The zero-order chi connectivity index (χ0) is 10.9. The first-order valence-electron chi connectivity index (χ1n) is 5.13. The van der Waals surface area contributed by atoms with Gasteiger partial charge in [-0.3, -0.25) is 0 Å². The Balaban J connectivity index is 0.